The Labute approximate surface area is 110 Å². The predicted molar refractivity (Wildman–Crippen MR) is 67.7 cm³/mol. The van der Waals surface area contributed by atoms with Gasteiger partial charge in [-0.25, -0.2) is 0 Å². The van der Waals surface area contributed by atoms with E-state index in [1.165, 1.54) is 0 Å². The number of carbonyl (C=O) groups is 1. The van der Waals surface area contributed by atoms with E-state index in [1.807, 2.05) is 13.0 Å². The molecule has 0 unspecified atom stereocenters. The van der Waals surface area contributed by atoms with Crippen LogP contribution in [0.3, 0.4) is 0 Å². The Hall–Kier alpha value is -2.44. The molecule has 0 atom stereocenters. The molecule has 1 aromatic heterocycles. The molecule has 0 aliphatic rings. The van der Waals surface area contributed by atoms with Crippen molar-refractivity contribution in [2.75, 3.05) is 6.61 Å². The highest BCUT2D eigenvalue weighted by Gasteiger charge is 2.11. The molecule has 7 heteroatoms. The van der Waals surface area contributed by atoms with E-state index in [9.17, 15) is 4.79 Å². The number of tetrazole rings is 1. The van der Waals surface area contributed by atoms with Crippen LogP contribution < -0.4 is 10.5 Å². The maximum absolute atomic E-state index is 11.3. The molecule has 0 saturated carbocycles. The normalized spacial score (nSPS) is 10.4. The van der Waals surface area contributed by atoms with Gasteiger partial charge in [-0.05, 0) is 25.0 Å². The van der Waals surface area contributed by atoms with Crippen molar-refractivity contribution in [3.05, 3.63) is 35.2 Å². The first-order chi connectivity index (χ1) is 9.18. The number of hydrogen-bond acceptors (Lipinski definition) is 5. The average molecular weight is 261 g/mol. The largest absolute Gasteiger partial charge is 0.492 e. The lowest BCUT2D eigenvalue weighted by molar-refractivity contribution is 0.0996. The van der Waals surface area contributed by atoms with Gasteiger partial charge in [-0.2, -0.15) is 5.21 Å². The number of ether oxygens (including phenoxy) is 1. The second kappa shape index (κ2) is 5.94. The molecule has 7 nitrogen and oxygen atoms in total. The Morgan fingerprint density at radius 3 is 3.00 bits per heavy atom. The molecular weight excluding hydrogens is 246 g/mol. The van der Waals surface area contributed by atoms with E-state index in [-0.39, 0.29) is 0 Å². The first-order valence-electron chi connectivity index (χ1n) is 5.93. The third-order valence-corrected chi connectivity index (χ3v) is 2.66. The third kappa shape index (κ3) is 3.27. The van der Waals surface area contributed by atoms with Crippen LogP contribution in [-0.4, -0.2) is 33.1 Å². The van der Waals surface area contributed by atoms with Gasteiger partial charge in [0.25, 0.3) is 5.91 Å². The molecule has 0 aliphatic carbocycles. The van der Waals surface area contributed by atoms with Gasteiger partial charge in [-0.3, -0.25) is 4.79 Å². The van der Waals surface area contributed by atoms with Crippen LogP contribution in [0, 0.1) is 6.92 Å². The summed E-state index contributed by atoms with van der Waals surface area (Å²) in [5.74, 6) is 0.698. The van der Waals surface area contributed by atoms with Crippen LogP contribution >= 0.6 is 0 Å². The number of rotatable bonds is 6. The highest BCUT2D eigenvalue weighted by Crippen LogP contribution is 2.23. The minimum Gasteiger partial charge on any atom is -0.492 e. The topological polar surface area (TPSA) is 107 Å². The predicted octanol–water partition coefficient (Wildman–Crippen LogP) is 0.619. The highest BCUT2D eigenvalue weighted by atomic mass is 16.5. The van der Waals surface area contributed by atoms with Crippen molar-refractivity contribution < 1.29 is 9.53 Å². The van der Waals surface area contributed by atoms with Crippen LogP contribution in [0.15, 0.2) is 18.2 Å². The van der Waals surface area contributed by atoms with E-state index in [2.05, 4.69) is 20.6 Å². The molecule has 2 rings (SSSR count). The number of nitrogens with zero attached hydrogens (tertiary/aromatic N) is 3. The fraction of sp³-hybridized carbons (Fsp3) is 0.333. The van der Waals surface area contributed by atoms with Gasteiger partial charge in [0.15, 0.2) is 5.82 Å². The number of hydrogen-bond donors (Lipinski definition) is 2. The lowest BCUT2D eigenvalue weighted by Crippen LogP contribution is -2.14. The van der Waals surface area contributed by atoms with Crippen molar-refractivity contribution >= 4 is 5.91 Å². The van der Waals surface area contributed by atoms with E-state index in [0.717, 1.165) is 12.0 Å². The highest BCUT2D eigenvalue weighted by molar-refractivity contribution is 5.96. The van der Waals surface area contributed by atoms with Crippen LogP contribution in [0.1, 0.15) is 28.2 Å². The molecule has 19 heavy (non-hydrogen) atoms. The molecule has 100 valence electrons. The Kier molecular flexibility index (Phi) is 4.07. The maximum atomic E-state index is 11.3. The lowest BCUT2D eigenvalue weighted by atomic mass is 10.1. The van der Waals surface area contributed by atoms with Crippen molar-refractivity contribution in [2.45, 2.75) is 19.8 Å². The number of benzene rings is 1. The van der Waals surface area contributed by atoms with E-state index >= 15 is 0 Å². The zero-order valence-corrected chi connectivity index (χ0v) is 10.6. The lowest BCUT2D eigenvalue weighted by Gasteiger charge is -2.11. The Balaban J connectivity index is 1.93. The molecule has 0 radical (unpaired) electrons. The minimum absolute atomic E-state index is 0.402. The molecule has 1 amide bonds. The first-order valence-corrected chi connectivity index (χ1v) is 5.93. The maximum Gasteiger partial charge on any atom is 0.252 e. The fourth-order valence-electron chi connectivity index (χ4n) is 1.73. The summed E-state index contributed by atoms with van der Waals surface area (Å²) in [5.41, 5.74) is 6.60. The number of amides is 1. The molecule has 0 bridgehead atoms. The fourth-order valence-corrected chi connectivity index (χ4v) is 1.73. The van der Waals surface area contributed by atoms with E-state index in [0.29, 0.717) is 30.2 Å². The summed E-state index contributed by atoms with van der Waals surface area (Å²) >= 11 is 0. The number of aromatic nitrogens is 4. The first kappa shape index (κ1) is 13.0. The van der Waals surface area contributed by atoms with Gasteiger partial charge in [0, 0.05) is 6.42 Å². The summed E-state index contributed by atoms with van der Waals surface area (Å²) in [6, 6.07) is 5.31. The number of aryl methyl sites for hydroxylation is 2. The SMILES string of the molecule is Cc1cccc(C(N)=O)c1OCCCc1nn[nH]n1. The van der Waals surface area contributed by atoms with Crippen molar-refractivity contribution in [1.29, 1.82) is 0 Å². The van der Waals surface area contributed by atoms with Crippen LogP contribution in [0.4, 0.5) is 0 Å². The number of primary amides is 1. The number of para-hydroxylation sites is 1. The van der Waals surface area contributed by atoms with Gasteiger partial charge in [-0.15, -0.1) is 10.2 Å². The zero-order valence-electron chi connectivity index (χ0n) is 10.6. The second-order valence-corrected chi connectivity index (χ2v) is 4.10. The molecule has 0 fully saturated rings. The second-order valence-electron chi connectivity index (χ2n) is 4.10. The van der Waals surface area contributed by atoms with Crippen molar-refractivity contribution in [2.24, 2.45) is 5.73 Å². The number of nitrogens with two attached hydrogens (primary N) is 1. The van der Waals surface area contributed by atoms with Gasteiger partial charge in [0.05, 0.1) is 12.2 Å². The van der Waals surface area contributed by atoms with Crippen LogP contribution in [0.2, 0.25) is 0 Å². The smallest absolute Gasteiger partial charge is 0.252 e. The molecule has 1 heterocycles. The van der Waals surface area contributed by atoms with Crippen molar-refractivity contribution in [3.8, 4) is 5.75 Å². The van der Waals surface area contributed by atoms with Gasteiger partial charge in [0.2, 0.25) is 0 Å². The average Bonchev–Trinajstić information content (AvgIpc) is 2.88. The molecular formula is C12H15N5O2. The minimum atomic E-state index is -0.489. The summed E-state index contributed by atoms with van der Waals surface area (Å²) < 4.78 is 5.64. The third-order valence-electron chi connectivity index (χ3n) is 2.66. The van der Waals surface area contributed by atoms with Gasteiger partial charge >= 0.3 is 0 Å². The summed E-state index contributed by atoms with van der Waals surface area (Å²) in [5, 5.41) is 13.6. The Morgan fingerprint density at radius 1 is 1.47 bits per heavy atom. The van der Waals surface area contributed by atoms with E-state index < -0.39 is 5.91 Å². The molecule has 0 spiro atoms. The van der Waals surface area contributed by atoms with E-state index in [1.54, 1.807) is 12.1 Å². The summed E-state index contributed by atoms with van der Waals surface area (Å²) in [4.78, 5) is 11.3. The summed E-state index contributed by atoms with van der Waals surface area (Å²) in [7, 11) is 0. The Morgan fingerprint density at radius 2 is 2.32 bits per heavy atom. The molecule has 0 saturated heterocycles. The van der Waals surface area contributed by atoms with Crippen molar-refractivity contribution in [1.82, 2.24) is 20.6 Å². The summed E-state index contributed by atoms with van der Waals surface area (Å²) in [6.45, 7) is 2.33. The number of aromatic amines is 1. The standard InChI is InChI=1S/C12H15N5O2/c1-8-4-2-5-9(12(13)18)11(8)19-7-3-6-10-14-16-17-15-10/h2,4-5H,3,6-7H2,1H3,(H2,13,18)(H,14,15,16,17). The number of H-pyrrole nitrogens is 1. The zero-order chi connectivity index (χ0) is 13.7. The number of carbonyl (C=O) groups excluding carboxylic acids is 1. The summed E-state index contributed by atoms with van der Waals surface area (Å²) in [6.07, 6.45) is 1.39. The number of nitrogens with one attached hydrogen (secondary N) is 1. The molecule has 1 aromatic carbocycles. The van der Waals surface area contributed by atoms with Crippen LogP contribution in [0.5, 0.6) is 5.75 Å². The molecule has 2 aromatic rings. The van der Waals surface area contributed by atoms with Crippen molar-refractivity contribution in [3.63, 3.8) is 0 Å². The van der Waals surface area contributed by atoms with E-state index in [4.69, 9.17) is 10.5 Å². The van der Waals surface area contributed by atoms with Gasteiger partial charge in [-0.1, -0.05) is 17.3 Å². The molecule has 3 N–H and O–H groups in total. The Bertz CT molecular complexity index is 553. The van der Waals surface area contributed by atoms with Gasteiger partial charge in [0.1, 0.15) is 5.75 Å². The van der Waals surface area contributed by atoms with Gasteiger partial charge < -0.3 is 10.5 Å². The van der Waals surface area contributed by atoms with Crippen LogP contribution in [-0.2, 0) is 6.42 Å². The molecule has 0 aliphatic heterocycles. The van der Waals surface area contributed by atoms with Crippen LogP contribution in [0.25, 0.3) is 0 Å². The quantitative estimate of drug-likeness (QED) is 0.741. The monoisotopic (exact) mass is 261 g/mol.